The van der Waals surface area contributed by atoms with Gasteiger partial charge in [0.2, 0.25) is 0 Å². The van der Waals surface area contributed by atoms with Gasteiger partial charge in [0, 0.05) is 5.82 Å². The zero-order valence-corrected chi connectivity index (χ0v) is 15.2. The molecule has 24 heavy (non-hydrogen) atoms. The first-order chi connectivity index (χ1) is 11.2. The molecule has 1 saturated heterocycles. The van der Waals surface area contributed by atoms with Gasteiger partial charge < -0.3 is 19.2 Å². The molecular formula is C18H27BO5. The molecule has 1 aliphatic rings. The van der Waals surface area contributed by atoms with Crippen LogP contribution in [0.2, 0.25) is 0 Å². The van der Waals surface area contributed by atoms with Crippen molar-refractivity contribution in [3.8, 4) is 5.75 Å². The van der Waals surface area contributed by atoms with Gasteiger partial charge in [-0.2, -0.15) is 0 Å². The van der Waals surface area contributed by atoms with Gasteiger partial charge in [0.25, 0.3) is 0 Å². The number of ether oxygens (including phenoxy) is 1. The van der Waals surface area contributed by atoms with E-state index in [0.717, 1.165) is 17.7 Å². The summed E-state index contributed by atoms with van der Waals surface area (Å²) in [6.45, 7) is 10.6. The largest absolute Gasteiger partial charge is 0.494 e. The van der Waals surface area contributed by atoms with E-state index < -0.39 is 24.3 Å². The highest BCUT2D eigenvalue weighted by Crippen LogP contribution is 2.41. The number of carbonyl (C=O) groups is 1. The van der Waals surface area contributed by atoms with Crippen LogP contribution in [0.25, 0.3) is 0 Å². The number of benzene rings is 1. The van der Waals surface area contributed by atoms with E-state index in [1.165, 1.54) is 0 Å². The van der Waals surface area contributed by atoms with Crippen LogP contribution in [0.1, 0.15) is 58.8 Å². The van der Waals surface area contributed by atoms with E-state index in [1.807, 2.05) is 52.0 Å². The third-order valence-corrected chi connectivity index (χ3v) is 4.78. The first-order valence-corrected chi connectivity index (χ1v) is 8.46. The second kappa shape index (κ2) is 7.15. The molecule has 0 aliphatic carbocycles. The molecular weight excluding hydrogens is 307 g/mol. The Morgan fingerprint density at radius 1 is 1.17 bits per heavy atom. The van der Waals surface area contributed by atoms with E-state index in [2.05, 4.69) is 6.92 Å². The highest BCUT2D eigenvalue weighted by Gasteiger charge is 2.54. The van der Waals surface area contributed by atoms with Crippen LogP contribution in [0.5, 0.6) is 5.75 Å². The minimum Gasteiger partial charge on any atom is -0.494 e. The first-order valence-electron chi connectivity index (χ1n) is 8.46. The third kappa shape index (κ3) is 4.11. The van der Waals surface area contributed by atoms with Gasteiger partial charge in [0.1, 0.15) is 5.75 Å². The summed E-state index contributed by atoms with van der Waals surface area (Å²) in [5, 5.41) is 9.30. The molecule has 5 nitrogen and oxygen atoms in total. The number of aliphatic carboxylic acids is 1. The SMILES string of the molecule is CCCOc1ccc(C(CC(=O)O)B2OC(C)(C)C(C)(C)O2)cc1. The molecule has 1 heterocycles. The first kappa shape index (κ1) is 18.8. The Bertz CT molecular complexity index is 551. The van der Waals surface area contributed by atoms with Crippen molar-refractivity contribution in [1.82, 2.24) is 0 Å². The lowest BCUT2D eigenvalue weighted by molar-refractivity contribution is -0.137. The van der Waals surface area contributed by atoms with Gasteiger partial charge in [-0.25, -0.2) is 0 Å². The number of hydrogen-bond donors (Lipinski definition) is 1. The van der Waals surface area contributed by atoms with Crippen LogP contribution in [0.3, 0.4) is 0 Å². The normalized spacial score (nSPS) is 20.0. The Morgan fingerprint density at radius 3 is 2.17 bits per heavy atom. The molecule has 0 aromatic heterocycles. The van der Waals surface area contributed by atoms with Crippen molar-refractivity contribution in [3.63, 3.8) is 0 Å². The molecule has 0 saturated carbocycles. The predicted octanol–water partition coefficient (Wildman–Crippen LogP) is 3.67. The summed E-state index contributed by atoms with van der Waals surface area (Å²) in [5.41, 5.74) is -0.100. The maximum Gasteiger partial charge on any atom is 0.466 e. The summed E-state index contributed by atoms with van der Waals surface area (Å²) >= 11 is 0. The monoisotopic (exact) mass is 334 g/mol. The highest BCUT2D eigenvalue weighted by atomic mass is 16.7. The summed E-state index contributed by atoms with van der Waals surface area (Å²) in [5.74, 6) is -0.464. The van der Waals surface area contributed by atoms with E-state index >= 15 is 0 Å². The number of hydrogen-bond acceptors (Lipinski definition) is 4. The van der Waals surface area contributed by atoms with Crippen molar-refractivity contribution in [3.05, 3.63) is 29.8 Å². The fourth-order valence-corrected chi connectivity index (χ4v) is 2.64. The maximum absolute atomic E-state index is 11.3. The minimum absolute atomic E-state index is 0.0496. The summed E-state index contributed by atoms with van der Waals surface area (Å²) in [7, 11) is -0.589. The Hall–Kier alpha value is -1.53. The molecule has 1 aromatic rings. The predicted molar refractivity (Wildman–Crippen MR) is 93.3 cm³/mol. The Balaban J connectivity index is 2.21. The van der Waals surface area contributed by atoms with Crippen molar-refractivity contribution in [2.75, 3.05) is 6.61 Å². The Kier molecular flexibility index (Phi) is 5.61. The lowest BCUT2D eigenvalue weighted by Gasteiger charge is -2.32. The van der Waals surface area contributed by atoms with Gasteiger partial charge in [0.15, 0.2) is 0 Å². The molecule has 132 valence electrons. The number of rotatable bonds is 7. The molecule has 2 rings (SSSR count). The van der Waals surface area contributed by atoms with E-state index in [4.69, 9.17) is 14.0 Å². The van der Waals surface area contributed by atoms with Crippen LogP contribution < -0.4 is 4.74 Å². The van der Waals surface area contributed by atoms with Crippen LogP contribution in [0.15, 0.2) is 24.3 Å². The molecule has 1 aromatic carbocycles. The van der Waals surface area contributed by atoms with Gasteiger partial charge in [-0.15, -0.1) is 0 Å². The smallest absolute Gasteiger partial charge is 0.466 e. The fourth-order valence-electron chi connectivity index (χ4n) is 2.64. The van der Waals surface area contributed by atoms with Crippen LogP contribution in [0.4, 0.5) is 0 Å². The summed E-state index contributed by atoms with van der Waals surface area (Å²) < 4.78 is 17.7. The maximum atomic E-state index is 11.3. The van der Waals surface area contributed by atoms with Gasteiger partial charge in [-0.1, -0.05) is 19.1 Å². The number of carboxylic acids is 1. The van der Waals surface area contributed by atoms with E-state index in [0.29, 0.717) is 6.61 Å². The topological polar surface area (TPSA) is 65.0 Å². The third-order valence-electron chi connectivity index (χ3n) is 4.78. The van der Waals surface area contributed by atoms with Gasteiger partial charge in [0.05, 0.1) is 24.2 Å². The molecule has 6 heteroatoms. The summed E-state index contributed by atoms with van der Waals surface area (Å²) in [6, 6.07) is 7.52. The molecule has 0 spiro atoms. The Morgan fingerprint density at radius 2 is 1.71 bits per heavy atom. The van der Waals surface area contributed by atoms with Gasteiger partial charge in [-0.3, -0.25) is 4.79 Å². The lowest BCUT2D eigenvalue weighted by Crippen LogP contribution is -2.41. The highest BCUT2D eigenvalue weighted by molar-refractivity contribution is 6.48. The van der Waals surface area contributed by atoms with Crippen molar-refractivity contribution < 1.29 is 23.9 Å². The van der Waals surface area contributed by atoms with Gasteiger partial charge in [-0.05, 0) is 51.8 Å². The molecule has 1 atom stereocenters. The summed E-state index contributed by atoms with van der Waals surface area (Å²) in [4.78, 5) is 11.3. The van der Waals surface area contributed by atoms with Crippen molar-refractivity contribution >= 4 is 13.1 Å². The van der Waals surface area contributed by atoms with Crippen LogP contribution in [-0.4, -0.2) is 36.0 Å². The molecule has 1 unspecified atom stereocenters. The lowest BCUT2D eigenvalue weighted by atomic mass is 9.66. The molecule has 1 aliphatic heterocycles. The van der Waals surface area contributed by atoms with Crippen molar-refractivity contribution in [1.29, 1.82) is 0 Å². The second-order valence-electron chi connectivity index (χ2n) is 7.25. The second-order valence-corrected chi connectivity index (χ2v) is 7.25. The average molecular weight is 334 g/mol. The molecule has 1 fully saturated rings. The molecule has 0 radical (unpaired) electrons. The zero-order valence-electron chi connectivity index (χ0n) is 15.2. The quantitative estimate of drug-likeness (QED) is 0.771. The summed E-state index contributed by atoms with van der Waals surface area (Å²) in [6.07, 6.45) is 0.892. The standard InChI is InChI=1S/C18H27BO5/c1-6-11-22-14-9-7-13(8-10-14)15(12-16(20)21)19-23-17(2,3)18(4,5)24-19/h7-10,15H,6,11-12H2,1-5H3,(H,20,21). The zero-order chi connectivity index (χ0) is 18.0. The van der Waals surface area contributed by atoms with Crippen LogP contribution >= 0.6 is 0 Å². The average Bonchev–Trinajstić information content (AvgIpc) is 2.71. The minimum atomic E-state index is -0.874. The van der Waals surface area contributed by atoms with Crippen molar-refractivity contribution in [2.45, 2.75) is 64.5 Å². The molecule has 1 N–H and O–H groups in total. The van der Waals surface area contributed by atoms with Crippen LogP contribution in [-0.2, 0) is 14.1 Å². The fraction of sp³-hybridized carbons (Fsp3) is 0.611. The Labute approximate surface area is 144 Å². The van der Waals surface area contributed by atoms with Gasteiger partial charge >= 0.3 is 13.1 Å². The van der Waals surface area contributed by atoms with Crippen LogP contribution in [0, 0.1) is 0 Å². The van der Waals surface area contributed by atoms with E-state index in [1.54, 1.807) is 0 Å². The number of carboxylic acid groups (broad SMARTS) is 1. The van der Waals surface area contributed by atoms with E-state index in [9.17, 15) is 9.90 Å². The van der Waals surface area contributed by atoms with E-state index in [-0.39, 0.29) is 12.2 Å². The molecule has 0 bridgehead atoms. The van der Waals surface area contributed by atoms with Crippen molar-refractivity contribution in [2.24, 2.45) is 0 Å². The molecule has 0 amide bonds.